The molecule has 0 heterocycles. The van der Waals surface area contributed by atoms with Crippen molar-refractivity contribution in [2.24, 2.45) is 0 Å². The van der Waals surface area contributed by atoms with Crippen molar-refractivity contribution < 1.29 is 9.90 Å². The standard InChI is InChI=1S/C15H22ClNO2/c1-4-17(11-15(2,3)19)14(18)9-8-12-6-5-7-13(16)10-12/h5-7,10,19H,4,8-9,11H2,1-3H3. The fraction of sp³-hybridized carbons (Fsp3) is 0.533. The average molecular weight is 284 g/mol. The first kappa shape index (κ1) is 16.0. The van der Waals surface area contributed by atoms with Crippen molar-refractivity contribution >= 4 is 17.5 Å². The highest BCUT2D eigenvalue weighted by molar-refractivity contribution is 6.30. The molecule has 0 bridgehead atoms. The molecule has 0 atom stereocenters. The molecule has 0 fully saturated rings. The molecule has 0 saturated carbocycles. The third-order valence-corrected chi connectivity index (χ3v) is 3.06. The molecule has 19 heavy (non-hydrogen) atoms. The summed E-state index contributed by atoms with van der Waals surface area (Å²) in [5, 5.41) is 10.5. The van der Waals surface area contributed by atoms with Gasteiger partial charge in [-0.05, 0) is 44.9 Å². The third-order valence-electron chi connectivity index (χ3n) is 2.83. The Bertz CT molecular complexity index is 426. The number of benzene rings is 1. The van der Waals surface area contributed by atoms with E-state index in [1.807, 2.05) is 31.2 Å². The minimum absolute atomic E-state index is 0.0598. The minimum atomic E-state index is -0.859. The van der Waals surface area contributed by atoms with Gasteiger partial charge in [-0.25, -0.2) is 0 Å². The Morgan fingerprint density at radius 2 is 2.11 bits per heavy atom. The maximum absolute atomic E-state index is 12.1. The van der Waals surface area contributed by atoms with Crippen molar-refractivity contribution in [2.45, 2.75) is 39.2 Å². The van der Waals surface area contributed by atoms with Crippen molar-refractivity contribution in [3.05, 3.63) is 34.9 Å². The van der Waals surface area contributed by atoms with E-state index in [2.05, 4.69) is 0 Å². The second-order valence-electron chi connectivity index (χ2n) is 5.35. The number of halogens is 1. The average Bonchev–Trinajstić information content (AvgIpc) is 2.32. The molecule has 1 aromatic rings. The molecule has 0 radical (unpaired) electrons. The van der Waals surface area contributed by atoms with Crippen LogP contribution in [0.1, 0.15) is 32.8 Å². The van der Waals surface area contributed by atoms with Crippen LogP contribution in [0, 0.1) is 0 Å². The molecule has 0 saturated heterocycles. The molecule has 0 unspecified atom stereocenters. The number of rotatable bonds is 6. The Labute approximate surface area is 120 Å². The summed E-state index contributed by atoms with van der Waals surface area (Å²) < 4.78 is 0. The molecule has 1 amide bonds. The Kier molecular flexibility index (Phi) is 5.83. The van der Waals surface area contributed by atoms with E-state index in [1.54, 1.807) is 18.7 Å². The van der Waals surface area contributed by atoms with Crippen LogP contribution >= 0.6 is 11.6 Å². The van der Waals surface area contributed by atoms with Crippen LogP contribution in [0.25, 0.3) is 0 Å². The van der Waals surface area contributed by atoms with Crippen LogP contribution in [0.5, 0.6) is 0 Å². The van der Waals surface area contributed by atoms with Crippen molar-refractivity contribution in [1.82, 2.24) is 4.90 Å². The van der Waals surface area contributed by atoms with E-state index in [1.165, 1.54) is 0 Å². The largest absolute Gasteiger partial charge is 0.389 e. The SMILES string of the molecule is CCN(CC(C)(C)O)C(=O)CCc1cccc(Cl)c1. The third kappa shape index (κ3) is 6.08. The Hall–Kier alpha value is -1.06. The molecule has 3 nitrogen and oxygen atoms in total. The summed E-state index contributed by atoms with van der Waals surface area (Å²) in [4.78, 5) is 13.8. The molecule has 0 aliphatic heterocycles. The van der Waals surface area contributed by atoms with Gasteiger partial charge in [0.15, 0.2) is 0 Å². The minimum Gasteiger partial charge on any atom is -0.389 e. The fourth-order valence-electron chi connectivity index (χ4n) is 1.95. The number of carbonyl (C=O) groups is 1. The van der Waals surface area contributed by atoms with Gasteiger partial charge in [-0.3, -0.25) is 4.79 Å². The molecule has 1 rings (SSSR count). The van der Waals surface area contributed by atoms with E-state index in [0.29, 0.717) is 31.0 Å². The van der Waals surface area contributed by atoms with Crippen LogP contribution in [0.4, 0.5) is 0 Å². The highest BCUT2D eigenvalue weighted by atomic mass is 35.5. The molecular formula is C15H22ClNO2. The van der Waals surface area contributed by atoms with Crippen molar-refractivity contribution in [1.29, 1.82) is 0 Å². The van der Waals surface area contributed by atoms with Gasteiger partial charge in [-0.2, -0.15) is 0 Å². The molecule has 1 N–H and O–H groups in total. The van der Waals surface area contributed by atoms with Crippen molar-refractivity contribution in [3.8, 4) is 0 Å². The second kappa shape index (κ2) is 6.92. The first-order valence-electron chi connectivity index (χ1n) is 6.56. The van der Waals surface area contributed by atoms with Gasteiger partial charge in [0.25, 0.3) is 0 Å². The van der Waals surface area contributed by atoms with E-state index in [9.17, 15) is 9.90 Å². The zero-order valence-electron chi connectivity index (χ0n) is 11.8. The Balaban J connectivity index is 2.54. The molecule has 0 aromatic heterocycles. The number of aliphatic hydroxyl groups is 1. The predicted molar refractivity (Wildman–Crippen MR) is 78.3 cm³/mol. The maximum Gasteiger partial charge on any atom is 0.222 e. The van der Waals surface area contributed by atoms with Gasteiger partial charge in [-0.15, -0.1) is 0 Å². The second-order valence-corrected chi connectivity index (χ2v) is 5.79. The normalized spacial score (nSPS) is 11.4. The van der Waals surface area contributed by atoms with E-state index in [-0.39, 0.29) is 5.91 Å². The van der Waals surface area contributed by atoms with Gasteiger partial charge in [-0.1, -0.05) is 23.7 Å². The summed E-state index contributed by atoms with van der Waals surface area (Å²) in [6, 6.07) is 7.54. The molecule has 0 aliphatic rings. The summed E-state index contributed by atoms with van der Waals surface area (Å²) in [5.74, 6) is 0.0598. The lowest BCUT2D eigenvalue weighted by molar-refractivity contribution is -0.133. The molecule has 0 aliphatic carbocycles. The van der Waals surface area contributed by atoms with Crippen molar-refractivity contribution in [3.63, 3.8) is 0 Å². The zero-order chi connectivity index (χ0) is 14.5. The van der Waals surface area contributed by atoms with Crippen molar-refractivity contribution in [2.75, 3.05) is 13.1 Å². The lowest BCUT2D eigenvalue weighted by Crippen LogP contribution is -2.42. The maximum atomic E-state index is 12.1. The number of likely N-dealkylation sites (N-methyl/N-ethyl adjacent to an activating group) is 1. The zero-order valence-corrected chi connectivity index (χ0v) is 12.6. The van der Waals surface area contributed by atoms with Crippen LogP contribution in [0.3, 0.4) is 0 Å². The number of amides is 1. The lowest BCUT2D eigenvalue weighted by atomic mass is 10.1. The smallest absolute Gasteiger partial charge is 0.222 e. The lowest BCUT2D eigenvalue weighted by Gasteiger charge is -2.28. The van der Waals surface area contributed by atoms with Crippen LogP contribution < -0.4 is 0 Å². The number of hydrogen-bond donors (Lipinski definition) is 1. The highest BCUT2D eigenvalue weighted by Gasteiger charge is 2.20. The van der Waals surface area contributed by atoms with Crippen LogP contribution in [0.2, 0.25) is 5.02 Å². The van der Waals surface area contributed by atoms with E-state index < -0.39 is 5.60 Å². The summed E-state index contributed by atoms with van der Waals surface area (Å²) in [5.41, 5.74) is 0.196. The summed E-state index contributed by atoms with van der Waals surface area (Å²) in [7, 11) is 0. The first-order chi connectivity index (χ1) is 8.81. The number of aryl methyl sites for hydroxylation is 1. The summed E-state index contributed by atoms with van der Waals surface area (Å²) >= 11 is 5.91. The van der Waals surface area contributed by atoms with E-state index in [0.717, 1.165) is 5.56 Å². The molecule has 0 spiro atoms. The van der Waals surface area contributed by atoms with Gasteiger partial charge in [0.1, 0.15) is 0 Å². The van der Waals surface area contributed by atoms with Gasteiger partial charge < -0.3 is 10.0 Å². The highest BCUT2D eigenvalue weighted by Crippen LogP contribution is 2.13. The molecule has 4 heteroatoms. The summed E-state index contributed by atoms with van der Waals surface area (Å²) in [6.45, 7) is 6.30. The Morgan fingerprint density at radius 1 is 1.42 bits per heavy atom. The molecular weight excluding hydrogens is 262 g/mol. The number of nitrogens with zero attached hydrogens (tertiary/aromatic N) is 1. The van der Waals surface area contributed by atoms with Crippen LogP contribution in [-0.2, 0) is 11.2 Å². The van der Waals surface area contributed by atoms with E-state index >= 15 is 0 Å². The number of carbonyl (C=O) groups excluding carboxylic acids is 1. The van der Waals surface area contributed by atoms with Gasteiger partial charge in [0.05, 0.1) is 5.60 Å². The van der Waals surface area contributed by atoms with Crippen LogP contribution in [0.15, 0.2) is 24.3 Å². The predicted octanol–water partition coefficient (Wildman–Crippen LogP) is 2.89. The van der Waals surface area contributed by atoms with Gasteiger partial charge >= 0.3 is 0 Å². The van der Waals surface area contributed by atoms with Gasteiger partial charge in [0, 0.05) is 24.5 Å². The van der Waals surface area contributed by atoms with E-state index in [4.69, 9.17) is 11.6 Å². The molecule has 106 valence electrons. The molecule has 1 aromatic carbocycles. The quantitative estimate of drug-likeness (QED) is 0.872. The summed E-state index contributed by atoms with van der Waals surface area (Å²) in [6.07, 6.45) is 1.10. The first-order valence-corrected chi connectivity index (χ1v) is 6.94. The number of hydrogen-bond acceptors (Lipinski definition) is 2. The topological polar surface area (TPSA) is 40.5 Å². The fourth-order valence-corrected chi connectivity index (χ4v) is 2.16. The van der Waals surface area contributed by atoms with Crippen LogP contribution in [-0.4, -0.2) is 34.6 Å². The monoisotopic (exact) mass is 283 g/mol. The Morgan fingerprint density at radius 3 is 2.63 bits per heavy atom. The van der Waals surface area contributed by atoms with Gasteiger partial charge in [0.2, 0.25) is 5.91 Å².